The van der Waals surface area contributed by atoms with E-state index in [1.807, 2.05) is 9.80 Å². The minimum Gasteiger partial charge on any atom is -0.367 e. The minimum absolute atomic E-state index is 0.111. The molecule has 0 bridgehead atoms. The van der Waals surface area contributed by atoms with E-state index in [0.717, 1.165) is 12.1 Å². The molecule has 1 saturated heterocycles. The van der Waals surface area contributed by atoms with Gasteiger partial charge in [0.05, 0.1) is 10.6 Å². The van der Waals surface area contributed by atoms with Crippen LogP contribution in [0.3, 0.4) is 0 Å². The minimum atomic E-state index is -3.98. The van der Waals surface area contributed by atoms with Crippen LogP contribution in [0.5, 0.6) is 0 Å². The van der Waals surface area contributed by atoms with Crippen molar-refractivity contribution in [2.75, 3.05) is 44.2 Å². The highest BCUT2D eigenvalue weighted by Crippen LogP contribution is 2.20. The van der Waals surface area contributed by atoms with Crippen LogP contribution in [0.4, 0.5) is 18.9 Å². The number of nitrogens with one attached hydrogen (secondary N) is 1. The highest BCUT2D eigenvalue weighted by molar-refractivity contribution is 7.89. The van der Waals surface area contributed by atoms with E-state index in [4.69, 9.17) is 0 Å². The zero-order valence-corrected chi connectivity index (χ0v) is 15.4. The van der Waals surface area contributed by atoms with Crippen LogP contribution in [0.1, 0.15) is 0 Å². The fourth-order valence-corrected chi connectivity index (χ4v) is 4.09. The Balaban J connectivity index is 1.50. The Labute approximate surface area is 156 Å². The van der Waals surface area contributed by atoms with E-state index in [-0.39, 0.29) is 12.4 Å². The van der Waals surface area contributed by atoms with Gasteiger partial charge in [-0.05, 0) is 24.3 Å². The molecule has 9 heteroatoms. The van der Waals surface area contributed by atoms with Crippen molar-refractivity contribution in [2.24, 2.45) is 0 Å². The summed E-state index contributed by atoms with van der Waals surface area (Å²) in [6.45, 7) is 3.13. The zero-order chi connectivity index (χ0) is 19.4. The first-order chi connectivity index (χ1) is 12.8. The van der Waals surface area contributed by atoms with Crippen molar-refractivity contribution in [2.45, 2.75) is 4.90 Å². The summed E-state index contributed by atoms with van der Waals surface area (Å²) in [6.07, 6.45) is 0. The Kier molecular flexibility index (Phi) is 6.03. The summed E-state index contributed by atoms with van der Waals surface area (Å²) < 4.78 is 66.9. The number of hydrogen-bond donors (Lipinski definition) is 1. The van der Waals surface area contributed by atoms with Gasteiger partial charge in [0, 0.05) is 45.3 Å². The van der Waals surface area contributed by atoms with Crippen LogP contribution < -0.4 is 9.62 Å². The quantitative estimate of drug-likeness (QED) is 0.809. The number of sulfonamides is 1. The van der Waals surface area contributed by atoms with Crippen LogP contribution in [0.25, 0.3) is 0 Å². The SMILES string of the molecule is O=S(=O)(NCCN1CCN(c2ccccc2F)CC1)c1cc(F)cc(F)c1. The number of anilines is 1. The predicted octanol–water partition coefficient (Wildman–Crippen LogP) is 2.20. The van der Waals surface area contributed by atoms with Gasteiger partial charge >= 0.3 is 0 Å². The van der Waals surface area contributed by atoms with E-state index in [0.29, 0.717) is 44.5 Å². The zero-order valence-electron chi connectivity index (χ0n) is 14.5. The first kappa shape index (κ1) is 19.7. The second-order valence-corrected chi connectivity index (χ2v) is 8.05. The molecule has 0 aromatic heterocycles. The van der Waals surface area contributed by atoms with Gasteiger partial charge in [-0.2, -0.15) is 0 Å². The molecular formula is C18H20F3N3O2S. The second-order valence-electron chi connectivity index (χ2n) is 6.28. The maximum absolute atomic E-state index is 13.8. The van der Waals surface area contributed by atoms with Crippen molar-refractivity contribution in [1.29, 1.82) is 0 Å². The lowest BCUT2D eigenvalue weighted by molar-refractivity contribution is 0.261. The van der Waals surface area contributed by atoms with E-state index in [1.165, 1.54) is 6.07 Å². The molecular weight excluding hydrogens is 379 g/mol. The maximum atomic E-state index is 13.8. The number of halogens is 3. The van der Waals surface area contributed by atoms with Gasteiger partial charge in [0.15, 0.2) is 0 Å². The number of nitrogens with zero attached hydrogens (tertiary/aromatic N) is 2. The average Bonchev–Trinajstić information content (AvgIpc) is 2.62. The summed E-state index contributed by atoms with van der Waals surface area (Å²) in [5, 5.41) is 0. The molecule has 2 aromatic carbocycles. The second kappa shape index (κ2) is 8.28. The van der Waals surface area contributed by atoms with E-state index >= 15 is 0 Å². The van der Waals surface area contributed by atoms with Crippen molar-refractivity contribution in [3.63, 3.8) is 0 Å². The normalized spacial score (nSPS) is 15.9. The van der Waals surface area contributed by atoms with Crippen molar-refractivity contribution in [3.8, 4) is 0 Å². The summed E-state index contributed by atoms with van der Waals surface area (Å²) in [6, 6.07) is 8.76. The van der Waals surface area contributed by atoms with E-state index in [2.05, 4.69) is 4.72 Å². The molecule has 1 aliphatic rings. The summed E-state index contributed by atoms with van der Waals surface area (Å²) in [5.74, 6) is -2.15. The third-order valence-electron chi connectivity index (χ3n) is 4.43. The molecule has 0 radical (unpaired) electrons. The molecule has 1 heterocycles. The average molecular weight is 399 g/mol. The van der Waals surface area contributed by atoms with Crippen LogP contribution in [-0.2, 0) is 10.0 Å². The molecule has 0 aliphatic carbocycles. The highest BCUT2D eigenvalue weighted by atomic mass is 32.2. The molecule has 27 heavy (non-hydrogen) atoms. The number of benzene rings is 2. The number of piperazine rings is 1. The topological polar surface area (TPSA) is 52.7 Å². The van der Waals surface area contributed by atoms with Gasteiger partial charge in [0.1, 0.15) is 17.5 Å². The largest absolute Gasteiger partial charge is 0.367 e. The maximum Gasteiger partial charge on any atom is 0.240 e. The smallest absolute Gasteiger partial charge is 0.240 e. The fraction of sp³-hybridized carbons (Fsp3) is 0.333. The lowest BCUT2D eigenvalue weighted by atomic mass is 10.2. The van der Waals surface area contributed by atoms with Crippen LogP contribution in [0, 0.1) is 17.5 Å². The van der Waals surface area contributed by atoms with Crippen molar-refractivity contribution < 1.29 is 21.6 Å². The Morgan fingerprint density at radius 3 is 2.19 bits per heavy atom. The molecule has 0 unspecified atom stereocenters. The summed E-state index contributed by atoms with van der Waals surface area (Å²) >= 11 is 0. The summed E-state index contributed by atoms with van der Waals surface area (Å²) in [7, 11) is -3.98. The molecule has 2 aromatic rings. The van der Waals surface area contributed by atoms with Crippen LogP contribution in [0.15, 0.2) is 47.4 Å². The number of rotatable bonds is 6. The first-order valence-corrected chi connectivity index (χ1v) is 10.0. The Hall–Kier alpha value is -2.10. The molecule has 5 nitrogen and oxygen atoms in total. The molecule has 0 saturated carbocycles. The van der Waals surface area contributed by atoms with Crippen LogP contribution in [-0.4, -0.2) is 52.6 Å². The predicted molar refractivity (Wildman–Crippen MR) is 96.6 cm³/mol. The first-order valence-electron chi connectivity index (χ1n) is 8.53. The van der Waals surface area contributed by atoms with Crippen molar-refractivity contribution in [1.82, 2.24) is 9.62 Å². The molecule has 0 atom stereocenters. The molecule has 3 rings (SSSR count). The standard InChI is InChI=1S/C18H20F3N3O2S/c19-14-11-15(20)13-16(12-14)27(25,26)22-5-6-23-7-9-24(10-8-23)18-4-2-1-3-17(18)21/h1-4,11-13,22H,5-10H2. The Bertz CT molecular complexity index is 880. The molecule has 1 fully saturated rings. The van der Waals surface area contributed by atoms with Gasteiger partial charge in [-0.3, -0.25) is 4.90 Å². The van der Waals surface area contributed by atoms with Gasteiger partial charge in [0.2, 0.25) is 10.0 Å². The lowest BCUT2D eigenvalue weighted by Crippen LogP contribution is -2.48. The third kappa shape index (κ3) is 5.00. The van der Waals surface area contributed by atoms with Gasteiger partial charge in [-0.15, -0.1) is 0 Å². The molecule has 0 amide bonds. The van der Waals surface area contributed by atoms with Crippen molar-refractivity contribution >= 4 is 15.7 Å². The molecule has 1 aliphatic heterocycles. The summed E-state index contributed by atoms with van der Waals surface area (Å²) in [5.41, 5.74) is 0.561. The van der Waals surface area contributed by atoms with Gasteiger partial charge in [0.25, 0.3) is 0 Å². The molecule has 146 valence electrons. The lowest BCUT2D eigenvalue weighted by Gasteiger charge is -2.36. The van der Waals surface area contributed by atoms with Crippen LogP contribution in [0.2, 0.25) is 0 Å². The summed E-state index contributed by atoms with van der Waals surface area (Å²) in [4.78, 5) is 3.56. The highest BCUT2D eigenvalue weighted by Gasteiger charge is 2.20. The van der Waals surface area contributed by atoms with Gasteiger partial charge in [-0.1, -0.05) is 12.1 Å². The van der Waals surface area contributed by atoms with Crippen molar-refractivity contribution in [3.05, 3.63) is 59.9 Å². The van der Waals surface area contributed by atoms with Gasteiger partial charge in [-0.25, -0.2) is 26.3 Å². The molecule has 0 spiro atoms. The van der Waals surface area contributed by atoms with Gasteiger partial charge < -0.3 is 4.90 Å². The van der Waals surface area contributed by atoms with E-state index < -0.39 is 26.6 Å². The van der Waals surface area contributed by atoms with Crippen LogP contribution >= 0.6 is 0 Å². The Morgan fingerprint density at radius 1 is 0.926 bits per heavy atom. The molecule has 1 N–H and O–H groups in total. The number of para-hydroxylation sites is 1. The Morgan fingerprint density at radius 2 is 1.56 bits per heavy atom. The van der Waals surface area contributed by atoms with E-state index in [9.17, 15) is 21.6 Å². The third-order valence-corrected chi connectivity index (χ3v) is 5.87. The van der Waals surface area contributed by atoms with E-state index in [1.54, 1.807) is 18.2 Å². The monoisotopic (exact) mass is 399 g/mol. The number of hydrogen-bond acceptors (Lipinski definition) is 4. The fourth-order valence-electron chi connectivity index (χ4n) is 3.03.